The van der Waals surface area contributed by atoms with E-state index in [1.807, 2.05) is 0 Å². The van der Waals surface area contributed by atoms with Crippen LogP contribution in [0.3, 0.4) is 0 Å². The summed E-state index contributed by atoms with van der Waals surface area (Å²) in [5, 5.41) is 14.4. The fraction of sp³-hybridized carbons (Fsp3) is 0.600. The topological polar surface area (TPSA) is 118 Å². The van der Waals surface area contributed by atoms with Crippen molar-refractivity contribution in [1.82, 2.24) is 15.5 Å². The van der Waals surface area contributed by atoms with Crippen molar-refractivity contribution in [2.24, 2.45) is 5.14 Å². The molecule has 1 heterocycles. The third-order valence-corrected chi connectivity index (χ3v) is 4.13. The van der Waals surface area contributed by atoms with Crippen molar-refractivity contribution in [2.45, 2.75) is 42.5 Å². The van der Waals surface area contributed by atoms with Crippen LogP contribution in [0.1, 0.15) is 47.8 Å². The number of nitrogens with zero attached hydrogens (tertiary/aromatic N) is 1. The molecule has 1 amide bonds. The van der Waals surface area contributed by atoms with E-state index in [2.05, 4.69) is 15.5 Å². The van der Waals surface area contributed by atoms with Gasteiger partial charge in [-0.15, -0.1) is 0 Å². The fourth-order valence-electron chi connectivity index (χ4n) is 1.92. The second-order valence-corrected chi connectivity index (χ2v) is 6.38. The minimum atomic E-state index is -3.94. The molecule has 4 N–H and O–H groups in total. The molecule has 0 saturated heterocycles. The van der Waals surface area contributed by atoms with Crippen molar-refractivity contribution < 1.29 is 13.2 Å². The Balaban J connectivity index is 2.00. The molecule has 1 aromatic heterocycles. The maximum atomic E-state index is 11.9. The summed E-state index contributed by atoms with van der Waals surface area (Å²) in [4.78, 5) is 11.8. The van der Waals surface area contributed by atoms with Gasteiger partial charge in [0.05, 0.1) is 5.69 Å². The smallest absolute Gasteiger partial charge is 0.273 e. The number of H-pyrrole nitrogens is 1. The van der Waals surface area contributed by atoms with Crippen LogP contribution in [0, 0.1) is 0 Å². The lowest BCUT2D eigenvalue weighted by Crippen LogP contribution is -2.28. The lowest BCUT2D eigenvalue weighted by molar-refractivity contribution is 0.0942. The maximum Gasteiger partial charge on any atom is 0.273 e. The first-order chi connectivity index (χ1) is 8.47. The van der Waals surface area contributed by atoms with Crippen LogP contribution in [0.4, 0.5) is 0 Å². The number of primary sulfonamides is 1. The van der Waals surface area contributed by atoms with Crippen LogP contribution in [0.25, 0.3) is 0 Å². The van der Waals surface area contributed by atoms with Gasteiger partial charge >= 0.3 is 0 Å². The first-order valence-corrected chi connectivity index (χ1v) is 7.43. The van der Waals surface area contributed by atoms with E-state index in [9.17, 15) is 13.2 Å². The van der Waals surface area contributed by atoms with Gasteiger partial charge in [-0.25, -0.2) is 13.6 Å². The van der Waals surface area contributed by atoms with Gasteiger partial charge in [-0.3, -0.25) is 9.89 Å². The van der Waals surface area contributed by atoms with Crippen molar-refractivity contribution in [3.05, 3.63) is 11.4 Å². The van der Waals surface area contributed by atoms with E-state index < -0.39 is 15.9 Å². The molecular weight excluding hydrogens is 256 g/mol. The molecular formula is C10H14N4O3S. The highest BCUT2D eigenvalue weighted by Crippen LogP contribution is 2.42. The average molecular weight is 270 g/mol. The molecule has 0 aromatic carbocycles. The Morgan fingerprint density at radius 1 is 1.33 bits per heavy atom. The van der Waals surface area contributed by atoms with Crippen molar-refractivity contribution in [1.29, 1.82) is 0 Å². The number of aromatic amines is 1. The Labute approximate surface area is 104 Å². The zero-order valence-electron chi connectivity index (χ0n) is 9.64. The molecule has 3 rings (SSSR count). The Hall–Kier alpha value is -1.41. The van der Waals surface area contributed by atoms with Crippen molar-refractivity contribution in [3.63, 3.8) is 0 Å². The van der Waals surface area contributed by atoms with Gasteiger partial charge in [0, 0.05) is 12.0 Å². The molecule has 8 heteroatoms. The molecule has 2 aliphatic rings. The molecule has 0 radical (unpaired) electrons. The lowest BCUT2D eigenvalue weighted by atomic mass is 10.2. The quantitative estimate of drug-likeness (QED) is 0.703. The number of amides is 1. The number of carbonyl (C=O) groups excluding carboxylic acids is 1. The summed E-state index contributed by atoms with van der Waals surface area (Å²) in [6.07, 6.45) is 3.65. The molecule has 0 spiro atoms. The number of rotatable bonds is 4. The van der Waals surface area contributed by atoms with Crippen LogP contribution >= 0.6 is 0 Å². The first-order valence-electron chi connectivity index (χ1n) is 5.88. The number of aromatic nitrogens is 2. The van der Waals surface area contributed by atoms with Gasteiger partial charge in [0.2, 0.25) is 10.0 Å². The molecule has 1 aromatic rings. The summed E-state index contributed by atoms with van der Waals surface area (Å²) in [5.41, 5.74) is 0.366. The third-order valence-electron chi connectivity index (χ3n) is 3.15. The van der Waals surface area contributed by atoms with Gasteiger partial charge in [0.1, 0.15) is 4.90 Å². The number of nitrogens with two attached hydrogens (primary N) is 1. The van der Waals surface area contributed by atoms with Crippen LogP contribution in [-0.2, 0) is 10.0 Å². The van der Waals surface area contributed by atoms with Gasteiger partial charge in [-0.2, -0.15) is 5.10 Å². The largest absolute Gasteiger partial charge is 0.348 e. The lowest BCUT2D eigenvalue weighted by Gasteiger charge is -2.03. The number of hydrogen-bond donors (Lipinski definition) is 3. The van der Waals surface area contributed by atoms with E-state index in [1.54, 1.807) is 0 Å². The molecule has 2 saturated carbocycles. The highest BCUT2D eigenvalue weighted by Gasteiger charge is 2.36. The summed E-state index contributed by atoms with van der Waals surface area (Å²) < 4.78 is 23.2. The van der Waals surface area contributed by atoms with Crippen LogP contribution < -0.4 is 10.5 Å². The Kier molecular flexibility index (Phi) is 2.46. The van der Waals surface area contributed by atoms with Crippen LogP contribution in [0.5, 0.6) is 0 Å². The molecule has 18 heavy (non-hydrogen) atoms. The Bertz CT molecular complexity index is 599. The van der Waals surface area contributed by atoms with Gasteiger partial charge in [-0.05, 0) is 25.7 Å². The van der Waals surface area contributed by atoms with E-state index in [-0.39, 0.29) is 22.5 Å². The number of hydrogen-bond acceptors (Lipinski definition) is 4. The highest BCUT2D eigenvalue weighted by atomic mass is 32.2. The molecule has 98 valence electrons. The van der Waals surface area contributed by atoms with Gasteiger partial charge in [-0.1, -0.05) is 0 Å². The summed E-state index contributed by atoms with van der Waals surface area (Å²) in [5.74, 6) is -0.335. The second kappa shape index (κ2) is 3.79. The number of carbonyl (C=O) groups is 1. The zero-order valence-corrected chi connectivity index (χ0v) is 10.5. The van der Waals surface area contributed by atoms with Gasteiger partial charge in [0.15, 0.2) is 5.69 Å². The van der Waals surface area contributed by atoms with E-state index in [0.29, 0.717) is 5.69 Å². The Morgan fingerprint density at radius 2 is 2.00 bits per heavy atom. The molecule has 7 nitrogen and oxygen atoms in total. The number of sulfonamides is 1. The predicted octanol–water partition coefficient (Wildman–Crippen LogP) is -0.173. The zero-order chi connectivity index (χ0) is 12.9. The first kappa shape index (κ1) is 11.7. The molecule has 0 aliphatic heterocycles. The maximum absolute atomic E-state index is 11.9. The van der Waals surface area contributed by atoms with E-state index >= 15 is 0 Å². The van der Waals surface area contributed by atoms with Crippen LogP contribution in [-0.4, -0.2) is 30.6 Å². The van der Waals surface area contributed by atoms with E-state index in [4.69, 9.17) is 5.14 Å². The van der Waals surface area contributed by atoms with Crippen LogP contribution in [0.15, 0.2) is 4.90 Å². The molecule has 2 aliphatic carbocycles. The van der Waals surface area contributed by atoms with E-state index in [1.165, 1.54) is 0 Å². The van der Waals surface area contributed by atoms with Crippen molar-refractivity contribution in [3.8, 4) is 0 Å². The minimum Gasteiger partial charge on any atom is -0.348 e. The normalized spacial score (nSPS) is 19.8. The fourth-order valence-corrected chi connectivity index (χ4v) is 2.84. The molecule has 0 unspecified atom stereocenters. The molecule has 0 bridgehead atoms. The summed E-state index contributed by atoms with van der Waals surface area (Å²) in [6, 6.07) is 0.145. The van der Waals surface area contributed by atoms with Crippen molar-refractivity contribution in [2.75, 3.05) is 0 Å². The minimum absolute atomic E-state index is 0.105. The summed E-state index contributed by atoms with van der Waals surface area (Å²) in [6.45, 7) is 0. The third kappa shape index (κ3) is 2.13. The molecule has 2 fully saturated rings. The monoisotopic (exact) mass is 270 g/mol. The number of nitrogens with one attached hydrogen (secondary N) is 2. The predicted molar refractivity (Wildman–Crippen MR) is 62.4 cm³/mol. The standard InChI is InChI=1S/C10H14N4O3S/c11-18(16,17)9-7(5-1-2-5)13-14-8(9)10(15)12-6-3-4-6/h5-6H,1-4H2,(H,12,15)(H,13,14)(H2,11,16,17). The van der Waals surface area contributed by atoms with E-state index in [0.717, 1.165) is 25.7 Å². The summed E-state index contributed by atoms with van der Waals surface area (Å²) >= 11 is 0. The SMILES string of the molecule is NS(=O)(=O)c1c(C(=O)NC2CC2)n[nH]c1C1CC1. The van der Waals surface area contributed by atoms with Crippen LogP contribution in [0.2, 0.25) is 0 Å². The molecule has 0 atom stereocenters. The average Bonchev–Trinajstić information content (AvgIpc) is 3.17. The van der Waals surface area contributed by atoms with Gasteiger partial charge in [0.25, 0.3) is 5.91 Å². The Morgan fingerprint density at radius 3 is 2.50 bits per heavy atom. The van der Waals surface area contributed by atoms with Gasteiger partial charge < -0.3 is 5.32 Å². The highest BCUT2D eigenvalue weighted by molar-refractivity contribution is 7.89. The summed E-state index contributed by atoms with van der Waals surface area (Å²) in [7, 11) is -3.94. The second-order valence-electron chi connectivity index (χ2n) is 4.88. The van der Waals surface area contributed by atoms with Crippen molar-refractivity contribution >= 4 is 15.9 Å².